The molecule has 0 aliphatic carbocycles. The van der Waals surface area contributed by atoms with Gasteiger partial charge in [0.05, 0.1) is 19.3 Å². The summed E-state index contributed by atoms with van der Waals surface area (Å²) in [6.07, 6.45) is 1.15. The molecular formula is C14H18BrN3O4S. The van der Waals surface area contributed by atoms with Gasteiger partial charge in [-0.25, -0.2) is 10.2 Å². The molecule has 0 unspecified atom stereocenters. The molecule has 0 saturated heterocycles. The number of benzene rings is 1. The Morgan fingerprint density at radius 1 is 1.30 bits per heavy atom. The molecule has 0 aliphatic rings. The highest BCUT2D eigenvalue weighted by Gasteiger charge is 2.15. The van der Waals surface area contributed by atoms with Crippen LogP contribution >= 0.6 is 28.1 Å². The fraction of sp³-hybridized carbons (Fsp3) is 0.357. The van der Waals surface area contributed by atoms with E-state index in [1.54, 1.807) is 18.2 Å². The van der Waals surface area contributed by atoms with Crippen molar-refractivity contribution in [3.63, 3.8) is 0 Å². The van der Waals surface area contributed by atoms with Gasteiger partial charge in [-0.05, 0) is 36.8 Å². The molecule has 1 aromatic rings. The molecule has 0 saturated carbocycles. The topological polar surface area (TPSA) is 88.7 Å². The summed E-state index contributed by atoms with van der Waals surface area (Å²) in [5, 5.41) is 2.37. The molecule has 3 N–H and O–H groups in total. The van der Waals surface area contributed by atoms with E-state index < -0.39 is 12.0 Å². The second-order valence-electron chi connectivity index (χ2n) is 4.37. The van der Waals surface area contributed by atoms with Crippen molar-refractivity contribution >= 4 is 45.3 Å². The second kappa shape index (κ2) is 10.0. The summed E-state index contributed by atoms with van der Waals surface area (Å²) in [6.45, 7) is 2.57. The van der Waals surface area contributed by atoms with E-state index in [1.807, 2.05) is 0 Å². The smallest absolute Gasteiger partial charge is 0.425 e. The molecule has 0 bridgehead atoms. The summed E-state index contributed by atoms with van der Waals surface area (Å²) in [5.41, 5.74) is 4.82. The van der Waals surface area contributed by atoms with Crippen LogP contribution in [0.4, 0.5) is 4.79 Å². The van der Waals surface area contributed by atoms with Gasteiger partial charge in [-0.3, -0.25) is 15.5 Å². The number of methoxy groups -OCH3 is 1. The lowest BCUT2D eigenvalue weighted by atomic mass is 10.2. The quantitative estimate of drug-likeness (QED) is 0.397. The standard InChI is InChI=1S/C14H18BrN3O4S/c1-3-4-7-22-11-6-5-9(15)8-10(11)12(19)16-13(23)17-18-14(20)21-2/h5-6,8H,3-4,7H2,1-2H3,(H,18,20)(H2,16,17,19,23). The number of hydrogen-bond donors (Lipinski definition) is 3. The molecule has 0 atom stereocenters. The molecule has 126 valence electrons. The molecule has 0 heterocycles. The maximum atomic E-state index is 12.3. The van der Waals surface area contributed by atoms with Crippen LogP contribution in [-0.2, 0) is 4.74 Å². The molecule has 2 amide bonds. The maximum absolute atomic E-state index is 12.3. The highest BCUT2D eigenvalue weighted by Crippen LogP contribution is 2.23. The van der Waals surface area contributed by atoms with Crippen LogP contribution in [0.5, 0.6) is 5.75 Å². The number of carbonyl (C=O) groups is 2. The Kier molecular flexibility index (Phi) is 8.35. The highest BCUT2D eigenvalue weighted by atomic mass is 79.9. The molecule has 0 aromatic heterocycles. The minimum Gasteiger partial charge on any atom is -0.493 e. The van der Waals surface area contributed by atoms with Crippen LogP contribution in [0.2, 0.25) is 0 Å². The summed E-state index contributed by atoms with van der Waals surface area (Å²) in [5.74, 6) is 0.00448. The second-order valence-corrected chi connectivity index (χ2v) is 5.69. The average Bonchev–Trinajstić information content (AvgIpc) is 2.53. The third-order valence-corrected chi connectivity index (χ3v) is 3.33. The Morgan fingerprint density at radius 2 is 2.04 bits per heavy atom. The Labute approximate surface area is 148 Å². The predicted molar refractivity (Wildman–Crippen MR) is 93.3 cm³/mol. The van der Waals surface area contributed by atoms with Crippen molar-refractivity contribution in [2.45, 2.75) is 19.8 Å². The number of nitrogens with one attached hydrogen (secondary N) is 3. The van der Waals surface area contributed by atoms with Crippen LogP contribution < -0.4 is 20.9 Å². The molecule has 1 aromatic carbocycles. The van der Waals surface area contributed by atoms with E-state index in [-0.39, 0.29) is 5.11 Å². The van der Waals surface area contributed by atoms with Gasteiger partial charge in [0.2, 0.25) is 0 Å². The summed E-state index contributed by atoms with van der Waals surface area (Å²) in [4.78, 5) is 23.2. The molecule has 1 rings (SSSR count). The van der Waals surface area contributed by atoms with Crippen LogP contribution in [0.15, 0.2) is 22.7 Å². The van der Waals surface area contributed by atoms with E-state index in [2.05, 4.69) is 43.8 Å². The Balaban J connectivity index is 2.71. The zero-order valence-electron chi connectivity index (χ0n) is 12.8. The molecule has 0 radical (unpaired) electrons. The molecule has 0 aliphatic heterocycles. The highest BCUT2D eigenvalue weighted by molar-refractivity contribution is 9.10. The molecule has 23 heavy (non-hydrogen) atoms. The van der Waals surface area contributed by atoms with Gasteiger partial charge in [-0.2, -0.15) is 0 Å². The van der Waals surface area contributed by atoms with Crippen molar-refractivity contribution in [2.75, 3.05) is 13.7 Å². The van der Waals surface area contributed by atoms with E-state index in [4.69, 9.17) is 17.0 Å². The Morgan fingerprint density at radius 3 is 2.70 bits per heavy atom. The van der Waals surface area contributed by atoms with Gasteiger partial charge in [0.1, 0.15) is 5.75 Å². The number of hydrogen-bond acceptors (Lipinski definition) is 5. The minimum absolute atomic E-state index is 0.0696. The predicted octanol–water partition coefficient (Wildman–Crippen LogP) is 2.50. The van der Waals surface area contributed by atoms with Gasteiger partial charge in [-0.15, -0.1) is 0 Å². The monoisotopic (exact) mass is 403 g/mol. The number of amides is 2. The Hall–Kier alpha value is -1.87. The lowest BCUT2D eigenvalue weighted by Gasteiger charge is -2.13. The van der Waals surface area contributed by atoms with Gasteiger partial charge in [0, 0.05) is 4.47 Å². The summed E-state index contributed by atoms with van der Waals surface area (Å²) in [6, 6.07) is 5.12. The third kappa shape index (κ3) is 6.83. The summed E-state index contributed by atoms with van der Waals surface area (Å²) in [7, 11) is 1.21. The van der Waals surface area contributed by atoms with Crippen molar-refractivity contribution in [3.05, 3.63) is 28.2 Å². The molecular weight excluding hydrogens is 386 g/mol. The largest absolute Gasteiger partial charge is 0.493 e. The first-order chi connectivity index (χ1) is 11.0. The van der Waals surface area contributed by atoms with Gasteiger partial charge in [-0.1, -0.05) is 29.3 Å². The van der Waals surface area contributed by atoms with Crippen LogP contribution in [0.3, 0.4) is 0 Å². The van der Waals surface area contributed by atoms with Crippen molar-refractivity contribution in [1.29, 1.82) is 0 Å². The molecule has 9 heteroatoms. The van der Waals surface area contributed by atoms with Gasteiger partial charge >= 0.3 is 6.09 Å². The fourth-order valence-electron chi connectivity index (χ4n) is 1.49. The number of halogens is 1. The van der Waals surface area contributed by atoms with Crippen LogP contribution in [0.1, 0.15) is 30.1 Å². The van der Waals surface area contributed by atoms with E-state index in [0.717, 1.165) is 17.3 Å². The fourth-order valence-corrected chi connectivity index (χ4v) is 2.00. The number of unbranched alkanes of at least 4 members (excludes halogenated alkanes) is 1. The number of ether oxygens (including phenoxy) is 2. The van der Waals surface area contributed by atoms with Crippen LogP contribution in [-0.4, -0.2) is 30.8 Å². The third-order valence-electron chi connectivity index (χ3n) is 2.63. The number of hydrazine groups is 1. The first-order valence-electron chi connectivity index (χ1n) is 6.85. The maximum Gasteiger partial charge on any atom is 0.425 e. The van der Waals surface area contributed by atoms with Crippen LogP contribution in [0, 0.1) is 0 Å². The normalized spacial score (nSPS) is 9.70. The van der Waals surface area contributed by atoms with Gasteiger partial charge < -0.3 is 9.47 Å². The Bertz CT molecular complexity index is 583. The van der Waals surface area contributed by atoms with Crippen molar-refractivity contribution in [1.82, 2.24) is 16.2 Å². The first-order valence-corrected chi connectivity index (χ1v) is 8.05. The van der Waals surface area contributed by atoms with Crippen LogP contribution in [0.25, 0.3) is 0 Å². The number of thiocarbonyl (C=S) groups is 1. The summed E-state index contributed by atoms with van der Waals surface area (Å²) < 4.78 is 10.7. The van der Waals surface area contributed by atoms with E-state index >= 15 is 0 Å². The van der Waals surface area contributed by atoms with Crippen molar-refractivity contribution < 1.29 is 19.1 Å². The first kappa shape index (κ1) is 19.2. The van der Waals surface area contributed by atoms with E-state index in [1.165, 1.54) is 7.11 Å². The molecule has 0 fully saturated rings. The van der Waals surface area contributed by atoms with Crippen molar-refractivity contribution in [3.8, 4) is 5.75 Å². The zero-order chi connectivity index (χ0) is 17.2. The van der Waals surface area contributed by atoms with Gasteiger partial charge in [0.25, 0.3) is 5.91 Å². The lowest BCUT2D eigenvalue weighted by Crippen LogP contribution is -2.48. The van der Waals surface area contributed by atoms with E-state index in [9.17, 15) is 9.59 Å². The molecule has 0 spiro atoms. The number of carbonyl (C=O) groups excluding carboxylic acids is 2. The summed E-state index contributed by atoms with van der Waals surface area (Å²) >= 11 is 8.23. The SMILES string of the molecule is CCCCOc1ccc(Br)cc1C(=O)NC(=S)NNC(=O)OC. The number of rotatable bonds is 5. The lowest BCUT2D eigenvalue weighted by molar-refractivity contribution is 0.0971. The molecule has 7 nitrogen and oxygen atoms in total. The van der Waals surface area contributed by atoms with E-state index in [0.29, 0.717) is 17.9 Å². The minimum atomic E-state index is -0.729. The van der Waals surface area contributed by atoms with Gasteiger partial charge in [0.15, 0.2) is 5.11 Å². The average molecular weight is 404 g/mol. The zero-order valence-corrected chi connectivity index (χ0v) is 15.2. The van der Waals surface area contributed by atoms with Crippen molar-refractivity contribution in [2.24, 2.45) is 0 Å².